The molecule has 3 heterocycles. The number of hydrogen-bond acceptors (Lipinski definition) is 8. The van der Waals surface area contributed by atoms with Gasteiger partial charge in [-0.3, -0.25) is 4.79 Å². The summed E-state index contributed by atoms with van der Waals surface area (Å²) in [4.78, 5) is 23.9. The number of ether oxygens (including phenoxy) is 1. The van der Waals surface area contributed by atoms with E-state index in [0.29, 0.717) is 37.8 Å². The molecular formula is C21H24N4O4S3. The maximum atomic E-state index is 12.7. The molecule has 1 amide bonds. The highest BCUT2D eigenvalue weighted by molar-refractivity contribution is 8.00. The number of carbonyl (C=O) groups excluding carboxylic acids is 1. The Morgan fingerprint density at radius 3 is 2.53 bits per heavy atom. The predicted molar refractivity (Wildman–Crippen MR) is 127 cm³/mol. The Morgan fingerprint density at radius 1 is 1.16 bits per heavy atom. The number of hydrogen-bond donors (Lipinski definition) is 1. The van der Waals surface area contributed by atoms with Crippen LogP contribution in [0.4, 0.5) is 5.69 Å². The van der Waals surface area contributed by atoms with Crippen molar-refractivity contribution in [2.75, 3.05) is 37.4 Å². The summed E-state index contributed by atoms with van der Waals surface area (Å²) in [5.41, 5.74) is 1.69. The van der Waals surface area contributed by atoms with Crippen molar-refractivity contribution in [1.82, 2.24) is 14.3 Å². The quantitative estimate of drug-likeness (QED) is 0.416. The van der Waals surface area contributed by atoms with Crippen LogP contribution in [-0.2, 0) is 19.6 Å². The number of aromatic nitrogens is 2. The number of morpholine rings is 1. The zero-order valence-electron chi connectivity index (χ0n) is 18.0. The number of fused-ring (bicyclic) bond motifs is 1. The Balaban J connectivity index is 1.41. The molecule has 0 bridgehead atoms. The number of nitrogens with zero attached hydrogens (tertiary/aromatic N) is 3. The first-order valence-electron chi connectivity index (χ1n) is 10.1. The summed E-state index contributed by atoms with van der Waals surface area (Å²) < 4.78 is 32.1. The number of nitrogens with one attached hydrogen (secondary N) is 1. The minimum absolute atomic E-state index is 0.187. The van der Waals surface area contributed by atoms with Crippen LogP contribution in [0.5, 0.6) is 0 Å². The summed E-state index contributed by atoms with van der Waals surface area (Å²) in [6.07, 6.45) is 0. The van der Waals surface area contributed by atoms with Gasteiger partial charge in [-0.2, -0.15) is 4.31 Å². The third kappa shape index (κ3) is 4.81. The van der Waals surface area contributed by atoms with E-state index in [-0.39, 0.29) is 16.6 Å². The minimum Gasteiger partial charge on any atom is -0.379 e. The predicted octanol–water partition coefficient (Wildman–Crippen LogP) is 3.37. The van der Waals surface area contributed by atoms with Crippen LogP contribution >= 0.6 is 23.1 Å². The highest BCUT2D eigenvalue weighted by atomic mass is 32.2. The fraction of sp³-hybridized carbons (Fsp3) is 0.381. The largest absolute Gasteiger partial charge is 0.379 e. The number of benzene rings is 1. The lowest BCUT2D eigenvalue weighted by atomic mass is 10.2. The molecule has 0 aliphatic carbocycles. The van der Waals surface area contributed by atoms with Gasteiger partial charge in [0.2, 0.25) is 15.9 Å². The smallest absolute Gasteiger partial charge is 0.243 e. The van der Waals surface area contributed by atoms with Crippen LogP contribution in [0.2, 0.25) is 0 Å². The zero-order valence-corrected chi connectivity index (χ0v) is 20.5. The summed E-state index contributed by atoms with van der Waals surface area (Å²) in [6.45, 7) is 7.43. The fourth-order valence-electron chi connectivity index (χ4n) is 3.40. The number of aryl methyl sites for hydroxylation is 3. The van der Waals surface area contributed by atoms with E-state index in [9.17, 15) is 13.2 Å². The number of carbonyl (C=O) groups is 1. The minimum atomic E-state index is -3.56. The van der Waals surface area contributed by atoms with E-state index in [0.717, 1.165) is 20.8 Å². The first kappa shape index (κ1) is 23.1. The molecule has 11 heteroatoms. The molecule has 8 nitrogen and oxygen atoms in total. The molecule has 1 saturated heterocycles. The van der Waals surface area contributed by atoms with Gasteiger partial charge in [-0.05, 0) is 50.6 Å². The second-order valence-electron chi connectivity index (χ2n) is 7.42. The molecule has 1 aliphatic rings. The summed E-state index contributed by atoms with van der Waals surface area (Å²) in [5.74, 6) is 0.680. The molecule has 1 aliphatic heterocycles. The average Bonchev–Trinajstić information content (AvgIpc) is 3.06. The average molecular weight is 493 g/mol. The van der Waals surface area contributed by atoms with Crippen molar-refractivity contribution in [3.63, 3.8) is 0 Å². The van der Waals surface area contributed by atoms with Crippen molar-refractivity contribution in [2.45, 2.75) is 30.7 Å². The normalized spacial score (nSPS) is 15.2. The van der Waals surface area contributed by atoms with Gasteiger partial charge in [-0.25, -0.2) is 18.4 Å². The highest BCUT2D eigenvalue weighted by Crippen LogP contribution is 2.35. The van der Waals surface area contributed by atoms with Crippen molar-refractivity contribution < 1.29 is 17.9 Å². The van der Waals surface area contributed by atoms with Crippen LogP contribution in [0.1, 0.15) is 16.3 Å². The number of anilines is 1. The summed E-state index contributed by atoms with van der Waals surface area (Å²) in [7, 11) is -3.56. The zero-order chi connectivity index (χ0) is 22.9. The van der Waals surface area contributed by atoms with Crippen LogP contribution in [0.15, 0.2) is 34.2 Å². The Morgan fingerprint density at radius 2 is 1.84 bits per heavy atom. The molecule has 2 aromatic heterocycles. The van der Waals surface area contributed by atoms with E-state index >= 15 is 0 Å². The van der Waals surface area contributed by atoms with E-state index in [1.807, 2.05) is 13.8 Å². The van der Waals surface area contributed by atoms with Crippen LogP contribution in [0.3, 0.4) is 0 Å². The van der Waals surface area contributed by atoms with Crippen LogP contribution in [0.25, 0.3) is 10.2 Å². The monoisotopic (exact) mass is 492 g/mol. The van der Waals surface area contributed by atoms with Crippen molar-refractivity contribution in [3.05, 3.63) is 40.5 Å². The van der Waals surface area contributed by atoms with Gasteiger partial charge in [0.15, 0.2) is 0 Å². The van der Waals surface area contributed by atoms with Gasteiger partial charge in [0.25, 0.3) is 0 Å². The van der Waals surface area contributed by atoms with E-state index in [4.69, 9.17) is 4.74 Å². The number of thioether (sulfide) groups is 1. The van der Waals surface area contributed by atoms with E-state index in [1.54, 1.807) is 23.5 Å². The van der Waals surface area contributed by atoms with Crippen molar-refractivity contribution in [2.24, 2.45) is 0 Å². The number of amides is 1. The van der Waals surface area contributed by atoms with E-state index in [1.165, 1.54) is 33.1 Å². The van der Waals surface area contributed by atoms with E-state index in [2.05, 4.69) is 22.2 Å². The van der Waals surface area contributed by atoms with Gasteiger partial charge < -0.3 is 10.1 Å². The maximum absolute atomic E-state index is 12.7. The molecule has 0 atom stereocenters. The topological polar surface area (TPSA) is 101 Å². The molecule has 1 aromatic carbocycles. The number of sulfonamides is 1. The Bertz CT molecular complexity index is 1250. The maximum Gasteiger partial charge on any atom is 0.243 e. The van der Waals surface area contributed by atoms with Gasteiger partial charge in [0.05, 0.1) is 23.9 Å². The van der Waals surface area contributed by atoms with Gasteiger partial charge in [0.1, 0.15) is 15.7 Å². The van der Waals surface area contributed by atoms with Crippen molar-refractivity contribution >= 4 is 54.9 Å². The molecule has 32 heavy (non-hydrogen) atoms. The molecule has 1 N–H and O–H groups in total. The highest BCUT2D eigenvalue weighted by Gasteiger charge is 2.26. The SMILES string of the molecule is Cc1nc(SCC(=O)Nc2ccc(S(=O)(=O)N3CCOCC3)cc2)c2c(C)c(C)sc2n1. The van der Waals surface area contributed by atoms with Gasteiger partial charge in [0, 0.05) is 29.0 Å². The lowest BCUT2D eigenvalue weighted by molar-refractivity contribution is -0.113. The Kier molecular flexibility index (Phi) is 6.82. The molecular weight excluding hydrogens is 468 g/mol. The van der Waals surface area contributed by atoms with Crippen LogP contribution in [-0.4, -0.2) is 60.7 Å². The van der Waals surface area contributed by atoms with Crippen LogP contribution < -0.4 is 5.32 Å². The van der Waals surface area contributed by atoms with E-state index < -0.39 is 10.0 Å². The lowest BCUT2D eigenvalue weighted by Crippen LogP contribution is -2.40. The molecule has 0 saturated carbocycles. The van der Waals surface area contributed by atoms with Gasteiger partial charge in [-0.1, -0.05) is 11.8 Å². The third-order valence-corrected chi connectivity index (χ3v) is 9.18. The molecule has 1 fully saturated rings. The fourth-order valence-corrected chi connectivity index (χ4v) is 6.87. The molecule has 0 radical (unpaired) electrons. The van der Waals surface area contributed by atoms with Crippen molar-refractivity contribution in [1.29, 1.82) is 0 Å². The first-order valence-corrected chi connectivity index (χ1v) is 13.3. The standard InChI is InChI=1S/C21H24N4O4S3/c1-13-14(2)31-21-19(13)20(22-15(3)23-21)30-12-18(26)24-16-4-6-17(7-5-16)32(27,28)25-8-10-29-11-9-25/h4-7H,8-12H2,1-3H3,(H,24,26). The molecule has 0 spiro atoms. The first-order chi connectivity index (χ1) is 15.3. The number of thiophene rings is 1. The summed E-state index contributed by atoms with van der Waals surface area (Å²) in [5, 5.41) is 4.63. The summed E-state index contributed by atoms with van der Waals surface area (Å²) >= 11 is 3.01. The second kappa shape index (κ2) is 9.44. The van der Waals surface area contributed by atoms with Crippen molar-refractivity contribution in [3.8, 4) is 0 Å². The molecule has 170 valence electrons. The Labute approximate surface area is 195 Å². The lowest BCUT2D eigenvalue weighted by Gasteiger charge is -2.26. The molecule has 4 rings (SSSR count). The third-order valence-electron chi connectivity index (χ3n) is 5.19. The molecule has 0 unspecified atom stereocenters. The second-order valence-corrected chi connectivity index (χ2v) is 11.5. The Hall–Kier alpha value is -2.05. The van der Waals surface area contributed by atoms with Gasteiger partial charge >= 0.3 is 0 Å². The molecule has 3 aromatic rings. The number of rotatable bonds is 6. The van der Waals surface area contributed by atoms with Gasteiger partial charge in [-0.15, -0.1) is 11.3 Å². The summed E-state index contributed by atoms with van der Waals surface area (Å²) in [6, 6.07) is 6.25. The van der Waals surface area contributed by atoms with Crippen LogP contribution in [0, 0.1) is 20.8 Å².